The van der Waals surface area contributed by atoms with E-state index in [1.165, 1.54) is 13.8 Å². The number of nitrogens with zero attached hydrogens (tertiary/aromatic N) is 3. The fourth-order valence-corrected chi connectivity index (χ4v) is 2.30. The number of hydrogen-bond donors (Lipinski definition) is 2. The van der Waals surface area contributed by atoms with Crippen LogP contribution in [0.4, 0.5) is 16.3 Å². The van der Waals surface area contributed by atoms with Gasteiger partial charge < -0.3 is 9.73 Å². The summed E-state index contributed by atoms with van der Waals surface area (Å²) < 4.78 is 20.0. The van der Waals surface area contributed by atoms with Crippen LogP contribution in [0.15, 0.2) is 34.7 Å². The molecule has 25 heavy (non-hydrogen) atoms. The van der Waals surface area contributed by atoms with E-state index in [9.17, 15) is 9.18 Å². The third-order valence-corrected chi connectivity index (χ3v) is 3.57. The van der Waals surface area contributed by atoms with Crippen molar-refractivity contribution in [3.05, 3.63) is 41.9 Å². The smallest absolute Gasteiger partial charge is 0.234 e. The van der Waals surface area contributed by atoms with Gasteiger partial charge in [0.1, 0.15) is 11.3 Å². The fourth-order valence-electron chi connectivity index (χ4n) is 2.30. The highest BCUT2D eigenvalue weighted by molar-refractivity contribution is 5.77. The lowest BCUT2D eigenvalue weighted by Gasteiger charge is -2.16. The predicted octanol–water partition coefficient (Wildman–Crippen LogP) is 3.56. The van der Waals surface area contributed by atoms with E-state index < -0.39 is 5.67 Å². The van der Waals surface area contributed by atoms with Crippen LogP contribution in [-0.2, 0) is 10.5 Å². The van der Waals surface area contributed by atoms with Gasteiger partial charge in [0.2, 0.25) is 18.3 Å². The molecule has 0 spiro atoms. The third-order valence-electron chi connectivity index (χ3n) is 3.57. The Hall–Kier alpha value is -3.03. The van der Waals surface area contributed by atoms with Gasteiger partial charge in [-0.2, -0.15) is 15.0 Å². The number of carbonyl (C=O) groups excluding carboxylic acids is 1. The number of fused-ring (bicyclic) bond motifs is 1. The maximum atomic E-state index is 14.2. The SMILES string of the molecule is C[C@@H](Nc1nc(NC=O)nc(C(C)(C)F)n1)c1cc2ccccc2o1. The molecule has 0 fully saturated rings. The molecule has 8 heteroatoms. The van der Waals surface area contributed by atoms with Gasteiger partial charge in [0.05, 0.1) is 6.04 Å². The monoisotopic (exact) mass is 343 g/mol. The molecule has 0 bridgehead atoms. The van der Waals surface area contributed by atoms with Crippen molar-refractivity contribution in [2.24, 2.45) is 0 Å². The molecule has 2 heterocycles. The molecule has 3 rings (SSSR count). The second kappa shape index (κ2) is 6.46. The number of halogens is 1. The van der Waals surface area contributed by atoms with Gasteiger partial charge in [-0.15, -0.1) is 0 Å². The van der Waals surface area contributed by atoms with Gasteiger partial charge in [-0.1, -0.05) is 18.2 Å². The van der Waals surface area contributed by atoms with Crippen molar-refractivity contribution >= 4 is 29.3 Å². The van der Waals surface area contributed by atoms with E-state index in [0.717, 1.165) is 11.0 Å². The van der Waals surface area contributed by atoms with Gasteiger partial charge in [-0.25, -0.2) is 4.39 Å². The number of anilines is 2. The molecule has 2 aromatic heterocycles. The van der Waals surface area contributed by atoms with Gasteiger partial charge in [-0.05, 0) is 32.9 Å². The average Bonchev–Trinajstić information content (AvgIpc) is 2.98. The highest BCUT2D eigenvalue weighted by atomic mass is 19.1. The molecule has 7 nitrogen and oxygen atoms in total. The summed E-state index contributed by atoms with van der Waals surface area (Å²) in [7, 11) is 0. The maximum Gasteiger partial charge on any atom is 0.234 e. The molecule has 1 aromatic carbocycles. The number of nitrogens with one attached hydrogen (secondary N) is 2. The van der Waals surface area contributed by atoms with Crippen molar-refractivity contribution in [2.75, 3.05) is 10.6 Å². The van der Waals surface area contributed by atoms with Crippen LogP contribution in [0.25, 0.3) is 11.0 Å². The normalized spacial score (nSPS) is 12.8. The minimum Gasteiger partial charge on any atom is -0.459 e. The van der Waals surface area contributed by atoms with Crippen molar-refractivity contribution in [2.45, 2.75) is 32.5 Å². The summed E-state index contributed by atoms with van der Waals surface area (Å²) in [4.78, 5) is 22.7. The molecule has 1 atom stereocenters. The molecule has 0 saturated carbocycles. The first-order valence-corrected chi connectivity index (χ1v) is 7.77. The summed E-state index contributed by atoms with van der Waals surface area (Å²) in [5, 5.41) is 6.36. The van der Waals surface area contributed by atoms with Crippen LogP contribution in [0.5, 0.6) is 0 Å². The van der Waals surface area contributed by atoms with E-state index >= 15 is 0 Å². The molecule has 1 amide bonds. The molecule has 0 aliphatic rings. The summed E-state index contributed by atoms with van der Waals surface area (Å²) in [6.45, 7) is 4.54. The number of benzene rings is 1. The Kier molecular flexibility index (Phi) is 4.35. The number of aromatic nitrogens is 3. The van der Waals surface area contributed by atoms with Crippen LogP contribution in [0.2, 0.25) is 0 Å². The zero-order valence-corrected chi connectivity index (χ0v) is 14.1. The van der Waals surface area contributed by atoms with E-state index in [0.29, 0.717) is 12.2 Å². The zero-order valence-electron chi connectivity index (χ0n) is 14.1. The summed E-state index contributed by atoms with van der Waals surface area (Å²) >= 11 is 0. The van der Waals surface area contributed by atoms with E-state index in [-0.39, 0.29) is 23.8 Å². The van der Waals surface area contributed by atoms with Gasteiger partial charge in [-0.3, -0.25) is 10.1 Å². The van der Waals surface area contributed by atoms with Crippen LogP contribution < -0.4 is 10.6 Å². The Morgan fingerprint density at radius 2 is 1.92 bits per heavy atom. The standard InChI is InChI=1S/C17H18FN5O2/c1-10(13-8-11-6-4-5-7-12(11)25-13)20-16-22-14(17(2,3)18)21-15(23-16)19-9-24/h4-10H,1-3H3,(H2,19,20,21,22,23,24)/t10-/m1/s1. The first kappa shape index (κ1) is 16.8. The van der Waals surface area contributed by atoms with Crippen molar-refractivity contribution in [3.8, 4) is 0 Å². The number of furan rings is 1. The molecule has 0 aliphatic carbocycles. The van der Waals surface area contributed by atoms with Crippen LogP contribution in [0.3, 0.4) is 0 Å². The van der Waals surface area contributed by atoms with E-state index in [1.807, 2.05) is 37.3 Å². The van der Waals surface area contributed by atoms with E-state index in [2.05, 4.69) is 25.6 Å². The molecule has 3 aromatic rings. The average molecular weight is 343 g/mol. The molecule has 130 valence electrons. The lowest BCUT2D eigenvalue weighted by atomic mass is 10.1. The first-order valence-electron chi connectivity index (χ1n) is 7.77. The molecule has 0 aliphatic heterocycles. The Morgan fingerprint density at radius 1 is 1.20 bits per heavy atom. The first-order chi connectivity index (χ1) is 11.9. The molecule has 2 N–H and O–H groups in total. The Labute approximate surface area is 143 Å². The van der Waals surface area contributed by atoms with Crippen molar-refractivity contribution in [3.63, 3.8) is 0 Å². The number of rotatable bonds is 6. The van der Waals surface area contributed by atoms with Crippen LogP contribution in [-0.4, -0.2) is 21.4 Å². The van der Waals surface area contributed by atoms with E-state index in [4.69, 9.17) is 4.42 Å². The lowest BCUT2D eigenvalue weighted by Crippen LogP contribution is -2.19. The number of carbonyl (C=O) groups is 1. The van der Waals surface area contributed by atoms with Crippen LogP contribution >= 0.6 is 0 Å². The van der Waals surface area contributed by atoms with Crippen molar-refractivity contribution < 1.29 is 13.6 Å². The largest absolute Gasteiger partial charge is 0.459 e. The summed E-state index contributed by atoms with van der Waals surface area (Å²) in [6.07, 6.45) is 0.427. The lowest BCUT2D eigenvalue weighted by molar-refractivity contribution is -0.105. The number of alkyl halides is 1. The summed E-state index contributed by atoms with van der Waals surface area (Å²) in [5.41, 5.74) is -1.00. The third kappa shape index (κ3) is 3.73. The molecule has 0 radical (unpaired) electrons. The minimum atomic E-state index is -1.78. The van der Waals surface area contributed by atoms with Gasteiger partial charge in [0.15, 0.2) is 11.5 Å². The zero-order chi connectivity index (χ0) is 18.0. The number of amides is 1. The van der Waals surface area contributed by atoms with E-state index in [1.54, 1.807) is 0 Å². The minimum absolute atomic E-state index is 0.0231. The highest BCUT2D eigenvalue weighted by Crippen LogP contribution is 2.27. The van der Waals surface area contributed by atoms with Crippen LogP contribution in [0, 0.1) is 0 Å². The molecular formula is C17H18FN5O2. The number of hydrogen-bond acceptors (Lipinski definition) is 6. The fraction of sp³-hybridized carbons (Fsp3) is 0.294. The number of para-hydroxylation sites is 1. The Balaban J connectivity index is 1.90. The molecule has 0 unspecified atom stereocenters. The maximum absolute atomic E-state index is 14.2. The Morgan fingerprint density at radius 3 is 2.60 bits per heavy atom. The second-order valence-corrected chi connectivity index (χ2v) is 6.09. The predicted molar refractivity (Wildman–Crippen MR) is 91.9 cm³/mol. The topological polar surface area (TPSA) is 92.9 Å². The van der Waals surface area contributed by atoms with Crippen molar-refractivity contribution in [1.82, 2.24) is 15.0 Å². The Bertz CT molecular complexity index is 870. The van der Waals surface area contributed by atoms with Gasteiger partial charge >= 0.3 is 0 Å². The summed E-state index contributed by atoms with van der Waals surface area (Å²) in [5.74, 6) is 0.733. The quantitative estimate of drug-likeness (QED) is 0.665. The summed E-state index contributed by atoms with van der Waals surface area (Å²) in [6, 6.07) is 9.30. The van der Waals surface area contributed by atoms with Crippen molar-refractivity contribution in [1.29, 1.82) is 0 Å². The molecular weight excluding hydrogens is 325 g/mol. The second-order valence-electron chi connectivity index (χ2n) is 6.09. The van der Waals surface area contributed by atoms with Gasteiger partial charge in [0.25, 0.3) is 0 Å². The van der Waals surface area contributed by atoms with Gasteiger partial charge in [0, 0.05) is 5.39 Å². The highest BCUT2D eigenvalue weighted by Gasteiger charge is 2.25. The van der Waals surface area contributed by atoms with Crippen LogP contribution in [0.1, 0.15) is 38.4 Å². The molecule has 0 saturated heterocycles.